The molecule has 0 amide bonds. The highest BCUT2D eigenvalue weighted by atomic mass is 127. The Hall–Kier alpha value is -1.69. The number of hydrogen-bond donors (Lipinski definition) is 0. The Morgan fingerprint density at radius 1 is 1.05 bits per heavy atom. The van der Waals surface area contributed by atoms with Gasteiger partial charge in [0.25, 0.3) is 0 Å². The summed E-state index contributed by atoms with van der Waals surface area (Å²) in [7, 11) is 0. The van der Waals surface area contributed by atoms with Crippen LogP contribution in [0, 0.1) is 5.82 Å². The van der Waals surface area contributed by atoms with Crippen LogP contribution in [0.2, 0.25) is 0 Å². The second kappa shape index (κ2) is 5.50. The van der Waals surface area contributed by atoms with Gasteiger partial charge in [0.2, 0.25) is 0 Å². The lowest BCUT2D eigenvalue weighted by Gasteiger charge is -2.10. The lowest BCUT2D eigenvalue weighted by molar-refractivity contribution is 0.628. The summed E-state index contributed by atoms with van der Waals surface area (Å²) in [6.07, 6.45) is 4.78. The molecule has 0 fully saturated rings. The monoisotopic (exact) mass is 404 g/mol. The third kappa shape index (κ3) is 2.26. The molecule has 1 atom stereocenters. The topological polar surface area (TPSA) is 17.8 Å². The Bertz CT molecular complexity index is 809. The van der Waals surface area contributed by atoms with Crippen molar-refractivity contribution >= 4 is 22.6 Å². The molecule has 1 aromatic carbocycles. The van der Waals surface area contributed by atoms with Crippen LogP contribution in [0.15, 0.2) is 54.9 Å². The zero-order chi connectivity index (χ0) is 15.1. The van der Waals surface area contributed by atoms with Crippen molar-refractivity contribution in [2.24, 2.45) is 0 Å². The first kappa shape index (κ1) is 13.9. The molecular weight excluding hydrogens is 390 g/mol. The van der Waals surface area contributed by atoms with Crippen LogP contribution in [-0.2, 0) is 6.54 Å². The highest BCUT2D eigenvalue weighted by Gasteiger charge is 2.26. The van der Waals surface area contributed by atoms with Gasteiger partial charge in [-0.2, -0.15) is 0 Å². The van der Waals surface area contributed by atoms with Crippen molar-refractivity contribution in [2.75, 3.05) is 0 Å². The van der Waals surface area contributed by atoms with Gasteiger partial charge < -0.3 is 4.57 Å². The third-order valence-electron chi connectivity index (χ3n) is 4.16. The zero-order valence-electron chi connectivity index (χ0n) is 11.8. The average Bonchev–Trinajstić information content (AvgIpc) is 3.09. The molecule has 0 aliphatic carbocycles. The van der Waals surface area contributed by atoms with E-state index in [1.807, 2.05) is 36.7 Å². The van der Waals surface area contributed by atoms with Gasteiger partial charge in [-0.15, -0.1) is 0 Å². The third-order valence-corrected chi connectivity index (χ3v) is 5.43. The van der Waals surface area contributed by atoms with E-state index >= 15 is 0 Å². The van der Waals surface area contributed by atoms with Crippen molar-refractivity contribution in [3.63, 3.8) is 0 Å². The Kier molecular flexibility index (Phi) is 3.48. The number of fused-ring (bicyclic) bond motifs is 1. The van der Waals surface area contributed by atoms with Crippen LogP contribution in [-0.4, -0.2) is 9.55 Å². The van der Waals surface area contributed by atoms with Gasteiger partial charge >= 0.3 is 0 Å². The van der Waals surface area contributed by atoms with E-state index in [4.69, 9.17) is 0 Å². The van der Waals surface area contributed by atoms with Crippen molar-refractivity contribution in [3.05, 3.63) is 66.4 Å². The van der Waals surface area contributed by atoms with Gasteiger partial charge in [0.1, 0.15) is 5.82 Å². The molecule has 0 spiro atoms. The molecule has 2 aromatic heterocycles. The molecule has 0 saturated heterocycles. The van der Waals surface area contributed by atoms with Gasteiger partial charge in [0, 0.05) is 30.2 Å². The standard InChI is InChI=1S/C18H14FIN2/c19-14-3-1-13(2-4-14)18-15(12-5-8-21-9-6-12)11-17-16(20)7-10-22(17)18/h1-6,8-9,11,16H,7,10H2. The molecule has 1 aliphatic rings. The molecule has 2 nitrogen and oxygen atoms in total. The van der Waals surface area contributed by atoms with Crippen LogP contribution in [0.3, 0.4) is 0 Å². The maximum atomic E-state index is 13.3. The molecule has 4 heteroatoms. The number of nitrogens with zero attached hydrogens (tertiary/aromatic N) is 2. The molecule has 22 heavy (non-hydrogen) atoms. The van der Waals surface area contributed by atoms with Crippen LogP contribution in [0.4, 0.5) is 4.39 Å². The summed E-state index contributed by atoms with van der Waals surface area (Å²) >= 11 is 2.50. The molecular formula is C18H14FIN2. The number of alkyl halides is 1. The zero-order valence-corrected chi connectivity index (χ0v) is 14.0. The summed E-state index contributed by atoms with van der Waals surface area (Å²) in [6, 6.07) is 13.1. The van der Waals surface area contributed by atoms with Crippen LogP contribution < -0.4 is 0 Å². The van der Waals surface area contributed by atoms with E-state index in [0.717, 1.165) is 24.1 Å². The van der Waals surface area contributed by atoms with E-state index in [1.165, 1.54) is 29.1 Å². The van der Waals surface area contributed by atoms with Crippen molar-refractivity contribution < 1.29 is 4.39 Å². The molecule has 0 radical (unpaired) electrons. The summed E-state index contributed by atoms with van der Waals surface area (Å²) < 4.78 is 16.2. The SMILES string of the molecule is Fc1ccc(-c2c(-c3ccncc3)cc3n2CCC3I)cc1. The number of pyridine rings is 1. The fourth-order valence-electron chi connectivity index (χ4n) is 3.13. The molecule has 3 heterocycles. The average molecular weight is 404 g/mol. The van der Waals surface area contributed by atoms with Crippen molar-refractivity contribution in [2.45, 2.75) is 16.9 Å². The summed E-state index contributed by atoms with van der Waals surface area (Å²) in [5.74, 6) is -0.200. The molecule has 1 aliphatic heterocycles. The first-order chi connectivity index (χ1) is 10.7. The minimum absolute atomic E-state index is 0.200. The molecule has 0 bridgehead atoms. The summed E-state index contributed by atoms with van der Waals surface area (Å²) in [4.78, 5) is 4.11. The molecule has 1 unspecified atom stereocenters. The number of hydrogen-bond acceptors (Lipinski definition) is 1. The lowest BCUT2D eigenvalue weighted by Crippen LogP contribution is -1.96. The van der Waals surface area contributed by atoms with Crippen molar-refractivity contribution in [1.82, 2.24) is 9.55 Å². The number of benzene rings is 1. The largest absolute Gasteiger partial charge is 0.343 e. The van der Waals surface area contributed by atoms with Crippen LogP contribution in [0.25, 0.3) is 22.4 Å². The van der Waals surface area contributed by atoms with Crippen LogP contribution in [0.1, 0.15) is 16.0 Å². The summed E-state index contributed by atoms with van der Waals surface area (Å²) in [5.41, 5.74) is 5.95. The fourth-order valence-corrected chi connectivity index (χ4v) is 3.92. The number of aromatic nitrogens is 2. The van der Waals surface area contributed by atoms with E-state index in [9.17, 15) is 4.39 Å². The fraction of sp³-hybridized carbons (Fsp3) is 0.167. The molecule has 110 valence electrons. The van der Waals surface area contributed by atoms with E-state index in [1.54, 1.807) is 0 Å². The maximum Gasteiger partial charge on any atom is 0.123 e. The summed E-state index contributed by atoms with van der Waals surface area (Å²) in [5, 5.41) is 0. The highest BCUT2D eigenvalue weighted by Crippen LogP contribution is 2.44. The van der Waals surface area contributed by atoms with Crippen molar-refractivity contribution in [3.8, 4) is 22.4 Å². The second-order valence-electron chi connectivity index (χ2n) is 5.48. The molecule has 4 rings (SSSR count). The maximum absolute atomic E-state index is 13.3. The quantitative estimate of drug-likeness (QED) is 0.422. The van der Waals surface area contributed by atoms with Gasteiger partial charge in [-0.3, -0.25) is 4.98 Å². The van der Waals surface area contributed by atoms with Gasteiger partial charge in [-0.1, -0.05) is 22.6 Å². The predicted octanol–water partition coefficient (Wildman–Crippen LogP) is 5.24. The number of halogens is 2. The summed E-state index contributed by atoms with van der Waals surface area (Å²) in [6.45, 7) is 1.01. The first-order valence-electron chi connectivity index (χ1n) is 7.28. The van der Waals surface area contributed by atoms with E-state index in [2.05, 4.69) is 38.2 Å². The Morgan fingerprint density at radius 3 is 2.50 bits per heavy atom. The molecule has 3 aromatic rings. The van der Waals surface area contributed by atoms with E-state index in [0.29, 0.717) is 3.92 Å². The lowest BCUT2D eigenvalue weighted by atomic mass is 10.0. The molecule has 0 N–H and O–H groups in total. The first-order valence-corrected chi connectivity index (χ1v) is 8.52. The van der Waals surface area contributed by atoms with Gasteiger partial charge in [-0.25, -0.2) is 4.39 Å². The minimum Gasteiger partial charge on any atom is -0.343 e. The predicted molar refractivity (Wildman–Crippen MR) is 94.4 cm³/mol. The van der Waals surface area contributed by atoms with Gasteiger partial charge in [0.15, 0.2) is 0 Å². The van der Waals surface area contributed by atoms with Gasteiger partial charge in [-0.05, 0) is 60.0 Å². The Morgan fingerprint density at radius 2 is 1.77 bits per heavy atom. The Balaban J connectivity index is 1.95. The highest BCUT2D eigenvalue weighted by molar-refractivity contribution is 14.1. The number of rotatable bonds is 2. The Labute approximate surface area is 142 Å². The minimum atomic E-state index is -0.200. The van der Waals surface area contributed by atoms with Gasteiger partial charge in [0.05, 0.1) is 9.62 Å². The van der Waals surface area contributed by atoms with Crippen molar-refractivity contribution in [1.29, 1.82) is 0 Å². The van der Waals surface area contributed by atoms with E-state index < -0.39 is 0 Å². The normalized spacial score (nSPS) is 16.7. The van der Waals surface area contributed by atoms with E-state index in [-0.39, 0.29) is 5.82 Å². The van der Waals surface area contributed by atoms with Crippen LogP contribution >= 0.6 is 22.6 Å². The van der Waals surface area contributed by atoms with Crippen LogP contribution in [0.5, 0.6) is 0 Å². The second-order valence-corrected chi connectivity index (χ2v) is 6.99. The molecule has 0 saturated carbocycles. The smallest absolute Gasteiger partial charge is 0.123 e.